The fourth-order valence-corrected chi connectivity index (χ4v) is 2.43. The van der Waals surface area contributed by atoms with Gasteiger partial charge in [-0.2, -0.15) is 0 Å². The third kappa shape index (κ3) is 4.80. The molecule has 1 aromatic rings. The van der Waals surface area contributed by atoms with Gasteiger partial charge in [-0.05, 0) is 30.5 Å². The molecule has 1 aliphatic heterocycles. The molecule has 0 spiro atoms. The maximum Gasteiger partial charge on any atom is 0.303 e. The number of hydrogen-bond donors (Lipinski definition) is 2. The second-order valence-electron chi connectivity index (χ2n) is 4.98. The largest absolute Gasteiger partial charge is 0.486 e. The van der Waals surface area contributed by atoms with Crippen LogP contribution in [-0.2, 0) is 16.0 Å². The van der Waals surface area contributed by atoms with Crippen molar-refractivity contribution >= 4 is 23.5 Å². The first-order chi connectivity index (χ1) is 10.6. The normalized spacial score (nSPS) is 12.8. The molecule has 0 saturated heterocycles. The van der Waals surface area contributed by atoms with Crippen LogP contribution in [-0.4, -0.2) is 36.7 Å². The highest BCUT2D eigenvalue weighted by atomic mass is 35.5. The van der Waals surface area contributed by atoms with E-state index in [1.807, 2.05) is 0 Å². The van der Waals surface area contributed by atoms with Crippen LogP contribution in [0.5, 0.6) is 11.5 Å². The summed E-state index contributed by atoms with van der Waals surface area (Å²) < 4.78 is 10.9. The number of benzene rings is 1. The highest BCUT2D eigenvalue weighted by molar-refractivity contribution is 6.32. The van der Waals surface area contributed by atoms with E-state index >= 15 is 0 Å². The number of carboxylic acid groups (broad SMARTS) is 1. The number of carboxylic acids is 1. The Morgan fingerprint density at radius 1 is 1.23 bits per heavy atom. The number of carbonyl (C=O) groups excluding carboxylic acids is 1. The van der Waals surface area contributed by atoms with E-state index < -0.39 is 5.97 Å². The van der Waals surface area contributed by atoms with Crippen LogP contribution in [0.2, 0.25) is 5.02 Å². The second kappa shape index (κ2) is 7.89. The Hall–Kier alpha value is -1.95. The molecule has 7 heteroatoms. The number of hydrogen-bond acceptors (Lipinski definition) is 4. The number of halogens is 1. The van der Waals surface area contributed by atoms with Crippen LogP contribution in [0.25, 0.3) is 0 Å². The molecule has 0 fully saturated rings. The number of nitrogens with one attached hydrogen (secondary N) is 1. The summed E-state index contributed by atoms with van der Waals surface area (Å²) in [7, 11) is 0. The fraction of sp³-hybridized carbons (Fsp3) is 0.467. The van der Waals surface area contributed by atoms with Crippen LogP contribution >= 0.6 is 11.6 Å². The van der Waals surface area contributed by atoms with Gasteiger partial charge in [0, 0.05) is 13.0 Å². The summed E-state index contributed by atoms with van der Waals surface area (Å²) in [4.78, 5) is 22.2. The predicted octanol–water partition coefficient (Wildman–Crippen LogP) is 2.02. The van der Waals surface area contributed by atoms with Gasteiger partial charge in [-0.15, -0.1) is 0 Å². The van der Waals surface area contributed by atoms with Gasteiger partial charge in [0.05, 0.1) is 11.4 Å². The van der Waals surface area contributed by atoms with Gasteiger partial charge < -0.3 is 19.9 Å². The van der Waals surface area contributed by atoms with Crippen molar-refractivity contribution in [3.63, 3.8) is 0 Å². The minimum atomic E-state index is -0.822. The molecule has 1 aliphatic rings. The topological polar surface area (TPSA) is 84.9 Å². The third-order valence-electron chi connectivity index (χ3n) is 3.16. The predicted molar refractivity (Wildman–Crippen MR) is 80.6 cm³/mol. The number of unbranched alkanes of at least 4 members (excludes halogenated alkanes) is 1. The number of rotatable bonds is 7. The molecule has 1 aromatic carbocycles. The maximum absolute atomic E-state index is 11.8. The van der Waals surface area contributed by atoms with Crippen molar-refractivity contribution in [1.82, 2.24) is 5.32 Å². The molecular weight excluding hydrogens is 310 g/mol. The molecule has 120 valence electrons. The van der Waals surface area contributed by atoms with E-state index in [1.54, 1.807) is 12.1 Å². The van der Waals surface area contributed by atoms with Crippen LogP contribution in [0.3, 0.4) is 0 Å². The first-order valence-electron chi connectivity index (χ1n) is 7.13. The van der Waals surface area contributed by atoms with Crippen molar-refractivity contribution < 1.29 is 24.2 Å². The number of carbonyl (C=O) groups is 2. The molecule has 0 radical (unpaired) electrons. The Morgan fingerprint density at radius 3 is 2.77 bits per heavy atom. The van der Waals surface area contributed by atoms with Crippen molar-refractivity contribution in [2.75, 3.05) is 19.8 Å². The minimum Gasteiger partial charge on any atom is -0.486 e. The first-order valence-corrected chi connectivity index (χ1v) is 7.50. The molecule has 0 unspecified atom stereocenters. The van der Waals surface area contributed by atoms with Crippen LogP contribution in [0.4, 0.5) is 0 Å². The van der Waals surface area contributed by atoms with Crippen molar-refractivity contribution in [3.05, 3.63) is 22.7 Å². The number of aliphatic carboxylic acids is 1. The van der Waals surface area contributed by atoms with E-state index in [0.29, 0.717) is 49.1 Å². The van der Waals surface area contributed by atoms with Gasteiger partial charge in [0.1, 0.15) is 13.2 Å². The standard InChI is InChI=1S/C15H18ClNO5/c16-11-7-10(8-12-15(11)22-6-5-21-12)9-13(18)17-4-2-1-3-14(19)20/h7-8H,1-6,9H2,(H,17,18)(H,19,20). The lowest BCUT2D eigenvalue weighted by molar-refractivity contribution is -0.137. The van der Waals surface area contributed by atoms with E-state index in [4.69, 9.17) is 26.2 Å². The Balaban J connectivity index is 1.81. The molecule has 1 heterocycles. The molecule has 0 saturated carbocycles. The fourth-order valence-electron chi connectivity index (χ4n) is 2.14. The highest BCUT2D eigenvalue weighted by Gasteiger charge is 2.17. The van der Waals surface area contributed by atoms with Crippen LogP contribution in [0.1, 0.15) is 24.8 Å². The molecule has 22 heavy (non-hydrogen) atoms. The summed E-state index contributed by atoms with van der Waals surface area (Å²) in [6, 6.07) is 3.45. The zero-order chi connectivity index (χ0) is 15.9. The molecule has 2 rings (SSSR count). The maximum atomic E-state index is 11.8. The molecule has 1 amide bonds. The quantitative estimate of drug-likeness (QED) is 0.748. The van der Waals surface area contributed by atoms with E-state index in [-0.39, 0.29) is 18.7 Å². The monoisotopic (exact) mass is 327 g/mol. The molecule has 0 aromatic heterocycles. The summed E-state index contributed by atoms with van der Waals surface area (Å²) >= 11 is 6.11. The zero-order valence-corrected chi connectivity index (χ0v) is 12.8. The van der Waals surface area contributed by atoms with E-state index in [1.165, 1.54) is 0 Å². The molecule has 0 atom stereocenters. The molecular formula is C15H18ClNO5. The Bertz CT molecular complexity index is 561. The average Bonchev–Trinajstić information content (AvgIpc) is 2.46. The lowest BCUT2D eigenvalue weighted by atomic mass is 10.1. The summed E-state index contributed by atoms with van der Waals surface area (Å²) in [5.41, 5.74) is 0.747. The van der Waals surface area contributed by atoms with Crippen LogP contribution < -0.4 is 14.8 Å². The van der Waals surface area contributed by atoms with E-state index in [0.717, 1.165) is 5.56 Å². The van der Waals surface area contributed by atoms with Crippen LogP contribution in [0.15, 0.2) is 12.1 Å². The van der Waals surface area contributed by atoms with Gasteiger partial charge in [0.25, 0.3) is 0 Å². The van der Waals surface area contributed by atoms with E-state index in [2.05, 4.69) is 5.32 Å². The van der Waals surface area contributed by atoms with Gasteiger partial charge in [0.2, 0.25) is 5.91 Å². The van der Waals surface area contributed by atoms with E-state index in [9.17, 15) is 9.59 Å². The Labute approximate surface area is 133 Å². The summed E-state index contributed by atoms with van der Waals surface area (Å²) in [6.45, 7) is 1.38. The molecule has 2 N–H and O–H groups in total. The highest BCUT2D eigenvalue weighted by Crippen LogP contribution is 2.38. The number of fused-ring (bicyclic) bond motifs is 1. The Kier molecular flexibility index (Phi) is 5.89. The van der Waals surface area contributed by atoms with Gasteiger partial charge in [0.15, 0.2) is 11.5 Å². The lowest BCUT2D eigenvalue weighted by Crippen LogP contribution is -2.26. The lowest BCUT2D eigenvalue weighted by Gasteiger charge is -2.20. The summed E-state index contributed by atoms with van der Waals surface area (Å²) in [5, 5.41) is 11.7. The molecule has 6 nitrogen and oxygen atoms in total. The van der Waals surface area contributed by atoms with Crippen molar-refractivity contribution in [2.45, 2.75) is 25.7 Å². The van der Waals surface area contributed by atoms with Crippen molar-refractivity contribution in [2.24, 2.45) is 0 Å². The summed E-state index contributed by atoms with van der Waals surface area (Å²) in [6.07, 6.45) is 1.49. The third-order valence-corrected chi connectivity index (χ3v) is 3.44. The summed E-state index contributed by atoms with van der Waals surface area (Å²) in [5.74, 6) is 0.120. The van der Waals surface area contributed by atoms with Crippen molar-refractivity contribution in [1.29, 1.82) is 0 Å². The first kappa shape index (κ1) is 16.4. The van der Waals surface area contributed by atoms with Gasteiger partial charge >= 0.3 is 5.97 Å². The SMILES string of the molecule is O=C(O)CCCCNC(=O)Cc1cc(Cl)c2c(c1)OCCO2. The van der Waals surface area contributed by atoms with Crippen LogP contribution in [0, 0.1) is 0 Å². The molecule has 0 bridgehead atoms. The van der Waals surface area contributed by atoms with Gasteiger partial charge in [-0.1, -0.05) is 11.6 Å². The zero-order valence-electron chi connectivity index (χ0n) is 12.1. The average molecular weight is 328 g/mol. The second-order valence-corrected chi connectivity index (χ2v) is 5.39. The minimum absolute atomic E-state index is 0.119. The molecule has 0 aliphatic carbocycles. The Morgan fingerprint density at radius 2 is 2.00 bits per heavy atom. The van der Waals surface area contributed by atoms with Gasteiger partial charge in [-0.3, -0.25) is 9.59 Å². The van der Waals surface area contributed by atoms with Crippen molar-refractivity contribution in [3.8, 4) is 11.5 Å². The smallest absolute Gasteiger partial charge is 0.303 e. The number of ether oxygens (including phenoxy) is 2. The number of amides is 1. The van der Waals surface area contributed by atoms with Gasteiger partial charge in [-0.25, -0.2) is 0 Å².